The maximum atomic E-state index is 12.7. The van der Waals surface area contributed by atoms with E-state index in [2.05, 4.69) is 10.1 Å². The molecule has 26 heavy (non-hydrogen) atoms. The summed E-state index contributed by atoms with van der Waals surface area (Å²) < 4.78 is 16.9. The lowest BCUT2D eigenvalue weighted by Gasteiger charge is -2.50. The number of nitrogens with zero attached hydrogens (tertiary/aromatic N) is 3. The maximum Gasteiger partial charge on any atom is 0.259 e. The van der Waals surface area contributed by atoms with Gasteiger partial charge in [-0.2, -0.15) is 0 Å². The molecule has 2 aliphatic rings. The van der Waals surface area contributed by atoms with Gasteiger partial charge in [0.25, 0.3) is 5.91 Å². The molecule has 2 aliphatic heterocycles. The summed E-state index contributed by atoms with van der Waals surface area (Å²) in [7, 11) is 0. The Labute approximate surface area is 152 Å². The Balaban J connectivity index is 1.32. The van der Waals surface area contributed by atoms with Crippen LogP contribution in [0.5, 0.6) is 5.88 Å². The molecule has 0 bridgehead atoms. The van der Waals surface area contributed by atoms with Crippen LogP contribution in [0.3, 0.4) is 0 Å². The first-order chi connectivity index (χ1) is 12.7. The van der Waals surface area contributed by atoms with E-state index < -0.39 is 0 Å². The van der Waals surface area contributed by atoms with Gasteiger partial charge in [-0.05, 0) is 24.8 Å². The summed E-state index contributed by atoms with van der Waals surface area (Å²) in [5, 5.41) is 3.75. The van der Waals surface area contributed by atoms with Crippen LogP contribution in [-0.2, 0) is 11.2 Å². The molecule has 2 aromatic heterocycles. The van der Waals surface area contributed by atoms with Crippen LogP contribution < -0.4 is 4.74 Å². The molecule has 2 fully saturated rings. The largest absolute Gasteiger partial charge is 0.478 e. The lowest BCUT2D eigenvalue weighted by Crippen LogP contribution is -2.66. The molecule has 1 spiro atoms. The predicted octanol–water partition coefficient (Wildman–Crippen LogP) is 2.33. The molecule has 1 unspecified atom stereocenters. The second kappa shape index (κ2) is 7.07. The van der Waals surface area contributed by atoms with E-state index in [4.69, 9.17) is 14.0 Å². The van der Waals surface area contributed by atoms with Crippen LogP contribution in [0.2, 0.25) is 0 Å². The number of likely N-dealkylation sites (tertiary alicyclic amines) is 1. The molecule has 0 radical (unpaired) electrons. The molecule has 0 aromatic carbocycles. The Morgan fingerprint density at radius 1 is 1.42 bits per heavy atom. The second-order valence-corrected chi connectivity index (χ2v) is 6.88. The molecule has 7 nitrogen and oxygen atoms in total. The number of hydrogen-bond acceptors (Lipinski definition) is 6. The average Bonchev–Trinajstić information content (AvgIpc) is 3.27. The normalized spacial score (nSPS) is 21.0. The van der Waals surface area contributed by atoms with Crippen molar-refractivity contribution < 1.29 is 18.8 Å². The van der Waals surface area contributed by atoms with Crippen molar-refractivity contribution in [2.75, 3.05) is 26.3 Å². The van der Waals surface area contributed by atoms with Gasteiger partial charge in [0, 0.05) is 25.3 Å². The predicted molar refractivity (Wildman–Crippen MR) is 92.9 cm³/mol. The highest BCUT2D eigenvalue weighted by Gasteiger charge is 2.54. The average molecular weight is 357 g/mol. The SMILES string of the molecule is CCc1oncc1C(=O)N1CC2(C1)OCCC2CCOc1ccccn1. The van der Waals surface area contributed by atoms with Crippen molar-refractivity contribution in [2.45, 2.75) is 31.8 Å². The smallest absolute Gasteiger partial charge is 0.259 e. The molecule has 1 atom stereocenters. The molecule has 7 heteroatoms. The molecular weight excluding hydrogens is 334 g/mol. The van der Waals surface area contributed by atoms with Gasteiger partial charge >= 0.3 is 0 Å². The fraction of sp³-hybridized carbons (Fsp3) is 0.526. The van der Waals surface area contributed by atoms with Crippen molar-refractivity contribution in [3.8, 4) is 5.88 Å². The summed E-state index contributed by atoms with van der Waals surface area (Å²) in [6, 6.07) is 5.63. The van der Waals surface area contributed by atoms with Crippen molar-refractivity contribution >= 4 is 5.91 Å². The summed E-state index contributed by atoms with van der Waals surface area (Å²) in [6.45, 7) is 4.53. The third-order valence-corrected chi connectivity index (χ3v) is 5.35. The molecule has 0 N–H and O–H groups in total. The summed E-state index contributed by atoms with van der Waals surface area (Å²) >= 11 is 0. The van der Waals surface area contributed by atoms with Crippen molar-refractivity contribution in [1.82, 2.24) is 15.0 Å². The third-order valence-electron chi connectivity index (χ3n) is 5.35. The lowest BCUT2D eigenvalue weighted by molar-refractivity contribution is -0.119. The van der Waals surface area contributed by atoms with Gasteiger partial charge in [0.05, 0.1) is 25.9 Å². The summed E-state index contributed by atoms with van der Waals surface area (Å²) in [4.78, 5) is 18.6. The molecule has 1 amide bonds. The highest BCUT2D eigenvalue weighted by Crippen LogP contribution is 2.42. The molecule has 0 saturated carbocycles. The minimum atomic E-state index is -0.229. The minimum Gasteiger partial charge on any atom is -0.478 e. The van der Waals surface area contributed by atoms with Crippen molar-refractivity contribution in [1.29, 1.82) is 0 Å². The Kier molecular flexibility index (Phi) is 4.63. The van der Waals surface area contributed by atoms with Crippen molar-refractivity contribution in [2.24, 2.45) is 5.92 Å². The topological polar surface area (TPSA) is 77.7 Å². The highest BCUT2D eigenvalue weighted by molar-refractivity contribution is 5.95. The van der Waals surface area contributed by atoms with E-state index in [1.807, 2.05) is 30.0 Å². The zero-order valence-corrected chi connectivity index (χ0v) is 14.9. The zero-order valence-electron chi connectivity index (χ0n) is 14.9. The van der Waals surface area contributed by atoms with E-state index >= 15 is 0 Å². The Bertz CT molecular complexity index is 755. The van der Waals surface area contributed by atoms with Gasteiger partial charge < -0.3 is 18.9 Å². The fourth-order valence-electron chi connectivity index (χ4n) is 3.89. The van der Waals surface area contributed by atoms with E-state index in [9.17, 15) is 4.79 Å². The summed E-state index contributed by atoms with van der Waals surface area (Å²) in [5.74, 6) is 1.66. The number of ether oxygens (including phenoxy) is 2. The number of aryl methyl sites for hydroxylation is 1. The van der Waals surface area contributed by atoms with Crippen LogP contribution in [0.4, 0.5) is 0 Å². The number of amides is 1. The number of carbonyl (C=O) groups is 1. The van der Waals surface area contributed by atoms with Gasteiger partial charge in [0.2, 0.25) is 5.88 Å². The monoisotopic (exact) mass is 357 g/mol. The first kappa shape index (κ1) is 17.0. The van der Waals surface area contributed by atoms with Crippen LogP contribution in [-0.4, -0.2) is 52.9 Å². The van der Waals surface area contributed by atoms with Crippen LogP contribution in [0.25, 0.3) is 0 Å². The van der Waals surface area contributed by atoms with Gasteiger partial charge in [-0.25, -0.2) is 4.98 Å². The quantitative estimate of drug-likeness (QED) is 0.790. The molecule has 4 rings (SSSR count). The van der Waals surface area contributed by atoms with Gasteiger partial charge in [0.15, 0.2) is 0 Å². The standard InChI is InChI=1S/C19H23N3O4/c1-2-16-15(11-21-26-16)18(23)22-12-19(13-22)14(7-10-25-19)6-9-24-17-5-3-4-8-20-17/h3-5,8,11,14H,2,6-7,9-10,12-13H2,1H3. The van der Waals surface area contributed by atoms with Gasteiger partial charge in [-0.1, -0.05) is 18.1 Å². The van der Waals surface area contributed by atoms with E-state index in [0.29, 0.717) is 49.2 Å². The second-order valence-electron chi connectivity index (χ2n) is 6.88. The number of pyridine rings is 1. The van der Waals surface area contributed by atoms with Crippen LogP contribution >= 0.6 is 0 Å². The first-order valence-electron chi connectivity index (χ1n) is 9.12. The lowest BCUT2D eigenvalue weighted by atomic mass is 9.79. The Morgan fingerprint density at radius 3 is 3.08 bits per heavy atom. The van der Waals surface area contributed by atoms with Crippen molar-refractivity contribution in [3.05, 3.63) is 41.9 Å². The molecule has 2 saturated heterocycles. The summed E-state index contributed by atoms with van der Waals surface area (Å²) in [5.41, 5.74) is 0.336. The molecule has 4 heterocycles. The van der Waals surface area contributed by atoms with E-state index in [0.717, 1.165) is 19.4 Å². The third kappa shape index (κ3) is 3.07. The maximum absolute atomic E-state index is 12.7. The minimum absolute atomic E-state index is 0.0206. The first-order valence-corrected chi connectivity index (χ1v) is 9.12. The van der Waals surface area contributed by atoms with Gasteiger partial charge in [0.1, 0.15) is 16.9 Å². The van der Waals surface area contributed by atoms with Gasteiger partial charge in [-0.15, -0.1) is 0 Å². The van der Waals surface area contributed by atoms with Crippen molar-refractivity contribution in [3.63, 3.8) is 0 Å². The Hall–Kier alpha value is -2.41. The Morgan fingerprint density at radius 2 is 2.31 bits per heavy atom. The van der Waals surface area contributed by atoms with E-state index in [1.54, 1.807) is 6.20 Å². The van der Waals surface area contributed by atoms with E-state index in [1.165, 1.54) is 6.20 Å². The summed E-state index contributed by atoms with van der Waals surface area (Å²) in [6.07, 6.45) is 5.79. The number of rotatable bonds is 6. The fourth-order valence-corrected chi connectivity index (χ4v) is 3.89. The number of hydrogen-bond donors (Lipinski definition) is 0. The zero-order chi connectivity index (χ0) is 18.0. The molecule has 0 aliphatic carbocycles. The molecular formula is C19H23N3O4. The van der Waals surface area contributed by atoms with Crippen LogP contribution in [0, 0.1) is 5.92 Å². The molecule has 138 valence electrons. The van der Waals surface area contributed by atoms with Crippen LogP contribution in [0.1, 0.15) is 35.9 Å². The highest BCUT2D eigenvalue weighted by atomic mass is 16.5. The number of aromatic nitrogens is 2. The van der Waals surface area contributed by atoms with Crippen LogP contribution in [0.15, 0.2) is 35.1 Å². The number of carbonyl (C=O) groups excluding carboxylic acids is 1. The van der Waals surface area contributed by atoms with E-state index in [-0.39, 0.29) is 11.5 Å². The molecule has 2 aromatic rings. The van der Waals surface area contributed by atoms with Gasteiger partial charge in [-0.3, -0.25) is 4.79 Å².